The van der Waals surface area contributed by atoms with E-state index in [-0.39, 0.29) is 12.1 Å². The van der Waals surface area contributed by atoms with Crippen LogP contribution in [0.4, 0.5) is 5.69 Å². The molecule has 1 aromatic carbocycles. The molecule has 0 aliphatic heterocycles. The summed E-state index contributed by atoms with van der Waals surface area (Å²) in [5, 5.41) is 0. The number of rotatable bonds is 3. The molecule has 0 bridgehead atoms. The number of carbonyl (C=O) groups excluding carboxylic acids is 1. The molecule has 0 radical (unpaired) electrons. The Morgan fingerprint density at radius 2 is 2.00 bits per heavy atom. The van der Waals surface area contributed by atoms with Crippen LogP contribution in [0.25, 0.3) is 0 Å². The summed E-state index contributed by atoms with van der Waals surface area (Å²) in [6, 6.07) is 6.15. The average Bonchev–Trinajstić information content (AvgIpc) is 2.91. The first-order chi connectivity index (χ1) is 9.70. The molecule has 108 valence electrons. The van der Waals surface area contributed by atoms with Crippen LogP contribution in [0, 0.1) is 5.92 Å². The van der Waals surface area contributed by atoms with E-state index in [1.54, 1.807) is 0 Å². The number of ether oxygens (including phenoxy) is 1. The molecule has 2 N–H and O–H groups in total. The van der Waals surface area contributed by atoms with Crippen LogP contribution >= 0.6 is 0 Å². The fourth-order valence-corrected chi connectivity index (χ4v) is 3.50. The van der Waals surface area contributed by atoms with Gasteiger partial charge in [0.15, 0.2) is 0 Å². The van der Waals surface area contributed by atoms with Crippen molar-refractivity contribution in [2.24, 2.45) is 5.92 Å². The molecular formula is C17H23NO2. The van der Waals surface area contributed by atoms with Gasteiger partial charge in [0.25, 0.3) is 0 Å². The van der Waals surface area contributed by atoms with E-state index in [1.807, 2.05) is 6.07 Å². The van der Waals surface area contributed by atoms with Gasteiger partial charge in [0.1, 0.15) is 6.10 Å². The van der Waals surface area contributed by atoms with E-state index in [2.05, 4.69) is 12.1 Å². The zero-order valence-electron chi connectivity index (χ0n) is 11.9. The lowest BCUT2D eigenvalue weighted by Gasteiger charge is -2.24. The third-order valence-corrected chi connectivity index (χ3v) is 4.62. The van der Waals surface area contributed by atoms with Crippen molar-refractivity contribution in [1.82, 2.24) is 0 Å². The van der Waals surface area contributed by atoms with Crippen LogP contribution in [0.15, 0.2) is 18.2 Å². The maximum absolute atomic E-state index is 12.0. The fraction of sp³-hybridized carbons (Fsp3) is 0.588. The van der Waals surface area contributed by atoms with Crippen LogP contribution in [-0.2, 0) is 22.4 Å². The van der Waals surface area contributed by atoms with Gasteiger partial charge in [-0.3, -0.25) is 4.79 Å². The lowest BCUT2D eigenvalue weighted by Crippen LogP contribution is -2.21. The summed E-state index contributed by atoms with van der Waals surface area (Å²) in [5.41, 5.74) is 9.37. The van der Waals surface area contributed by atoms with Crippen LogP contribution in [0.3, 0.4) is 0 Å². The molecule has 0 heterocycles. The van der Waals surface area contributed by atoms with Gasteiger partial charge < -0.3 is 10.5 Å². The third-order valence-electron chi connectivity index (χ3n) is 4.62. The van der Waals surface area contributed by atoms with Crippen LogP contribution < -0.4 is 5.73 Å². The van der Waals surface area contributed by atoms with E-state index in [9.17, 15) is 4.79 Å². The number of nitrogen functional groups attached to an aromatic ring is 1. The van der Waals surface area contributed by atoms with Crippen molar-refractivity contribution in [2.75, 3.05) is 5.73 Å². The van der Waals surface area contributed by atoms with E-state index < -0.39 is 0 Å². The van der Waals surface area contributed by atoms with Gasteiger partial charge >= 0.3 is 5.97 Å². The number of carbonyl (C=O) groups is 1. The molecule has 0 saturated heterocycles. The molecule has 3 heteroatoms. The Kier molecular flexibility index (Phi) is 3.95. The number of hydrogen-bond acceptors (Lipinski definition) is 3. The summed E-state index contributed by atoms with van der Waals surface area (Å²) >= 11 is 0. The van der Waals surface area contributed by atoms with Gasteiger partial charge in [-0.1, -0.05) is 6.07 Å². The maximum atomic E-state index is 12.0. The van der Waals surface area contributed by atoms with Crippen molar-refractivity contribution in [1.29, 1.82) is 0 Å². The molecule has 1 unspecified atom stereocenters. The van der Waals surface area contributed by atoms with E-state index in [0.717, 1.165) is 37.8 Å². The van der Waals surface area contributed by atoms with Crippen LogP contribution in [0.2, 0.25) is 0 Å². The highest BCUT2D eigenvalue weighted by atomic mass is 16.5. The summed E-state index contributed by atoms with van der Waals surface area (Å²) < 4.78 is 5.56. The van der Waals surface area contributed by atoms with E-state index in [0.29, 0.717) is 12.3 Å². The largest absolute Gasteiger partial charge is 0.462 e. The van der Waals surface area contributed by atoms with E-state index in [4.69, 9.17) is 10.5 Å². The van der Waals surface area contributed by atoms with Gasteiger partial charge in [0.2, 0.25) is 0 Å². The molecule has 2 aliphatic rings. The number of benzene rings is 1. The van der Waals surface area contributed by atoms with Gasteiger partial charge in [-0.15, -0.1) is 0 Å². The van der Waals surface area contributed by atoms with Crippen molar-refractivity contribution in [3.63, 3.8) is 0 Å². The SMILES string of the molecule is Nc1ccc2c(c1)CC(CC(=O)OC1CCCC1)CC2. The Labute approximate surface area is 120 Å². The number of hydrogen-bond donors (Lipinski definition) is 1. The number of nitrogens with two attached hydrogens (primary N) is 1. The number of fused-ring (bicyclic) bond motifs is 1. The Bertz CT molecular complexity index is 492. The second kappa shape index (κ2) is 5.86. The molecule has 1 fully saturated rings. The van der Waals surface area contributed by atoms with Crippen molar-refractivity contribution in [3.8, 4) is 0 Å². The topological polar surface area (TPSA) is 52.3 Å². The summed E-state index contributed by atoms with van der Waals surface area (Å²) in [6.45, 7) is 0. The molecular weight excluding hydrogens is 250 g/mol. The zero-order chi connectivity index (χ0) is 13.9. The highest BCUT2D eigenvalue weighted by Gasteiger charge is 2.24. The lowest BCUT2D eigenvalue weighted by atomic mass is 9.82. The molecule has 3 rings (SSSR count). The molecule has 20 heavy (non-hydrogen) atoms. The van der Waals surface area contributed by atoms with E-state index in [1.165, 1.54) is 24.0 Å². The molecule has 0 spiro atoms. The van der Waals surface area contributed by atoms with Gasteiger partial charge in [-0.05, 0) is 74.1 Å². The Hall–Kier alpha value is -1.51. The minimum Gasteiger partial charge on any atom is -0.462 e. The van der Waals surface area contributed by atoms with Gasteiger partial charge in [-0.2, -0.15) is 0 Å². The highest BCUT2D eigenvalue weighted by Crippen LogP contribution is 2.30. The Balaban J connectivity index is 1.55. The minimum atomic E-state index is -0.00532. The molecule has 1 atom stereocenters. The predicted octanol–water partition coefficient (Wildman–Crippen LogP) is 3.25. The smallest absolute Gasteiger partial charge is 0.306 e. The summed E-state index contributed by atoms with van der Waals surface area (Å²) in [4.78, 5) is 12.0. The second-order valence-corrected chi connectivity index (χ2v) is 6.24. The van der Waals surface area contributed by atoms with Crippen molar-refractivity contribution in [2.45, 2.75) is 57.5 Å². The Morgan fingerprint density at radius 1 is 1.20 bits per heavy atom. The monoisotopic (exact) mass is 273 g/mol. The fourth-order valence-electron chi connectivity index (χ4n) is 3.50. The summed E-state index contributed by atoms with van der Waals surface area (Å²) in [7, 11) is 0. The first-order valence-corrected chi connectivity index (χ1v) is 7.77. The standard InChI is InChI=1S/C17H23NO2/c18-15-8-7-13-6-5-12(9-14(13)11-15)10-17(19)20-16-3-1-2-4-16/h7-8,11-12,16H,1-6,9-10,18H2. The molecule has 3 nitrogen and oxygen atoms in total. The highest BCUT2D eigenvalue weighted by molar-refractivity contribution is 5.70. The first kappa shape index (κ1) is 13.5. The third kappa shape index (κ3) is 3.14. The zero-order valence-corrected chi connectivity index (χ0v) is 11.9. The van der Waals surface area contributed by atoms with Crippen molar-refractivity contribution >= 4 is 11.7 Å². The second-order valence-electron chi connectivity index (χ2n) is 6.24. The molecule has 0 amide bonds. The van der Waals surface area contributed by atoms with Gasteiger partial charge in [-0.25, -0.2) is 0 Å². The minimum absolute atomic E-state index is 0.00532. The quantitative estimate of drug-likeness (QED) is 0.679. The Morgan fingerprint density at radius 3 is 2.80 bits per heavy atom. The predicted molar refractivity (Wildman–Crippen MR) is 79.3 cm³/mol. The van der Waals surface area contributed by atoms with Gasteiger partial charge in [0, 0.05) is 12.1 Å². The van der Waals surface area contributed by atoms with Crippen molar-refractivity contribution in [3.05, 3.63) is 29.3 Å². The normalized spacial score (nSPS) is 22.5. The lowest BCUT2D eigenvalue weighted by molar-refractivity contribution is -0.149. The van der Waals surface area contributed by atoms with Crippen LogP contribution in [-0.4, -0.2) is 12.1 Å². The van der Waals surface area contributed by atoms with Crippen LogP contribution in [0.5, 0.6) is 0 Å². The summed E-state index contributed by atoms with van der Waals surface area (Å²) in [6.07, 6.45) is 8.35. The number of esters is 1. The van der Waals surface area contributed by atoms with Crippen molar-refractivity contribution < 1.29 is 9.53 Å². The molecule has 1 aromatic rings. The van der Waals surface area contributed by atoms with Crippen LogP contribution in [0.1, 0.15) is 49.7 Å². The molecule has 0 aromatic heterocycles. The number of aryl methyl sites for hydroxylation is 1. The molecule has 2 aliphatic carbocycles. The maximum Gasteiger partial charge on any atom is 0.306 e. The summed E-state index contributed by atoms with van der Waals surface area (Å²) in [5.74, 6) is 0.410. The van der Waals surface area contributed by atoms with E-state index >= 15 is 0 Å². The average molecular weight is 273 g/mol. The first-order valence-electron chi connectivity index (χ1n) is 7.77. The van der Waals surface area contributed by atoms with Gasteiger partial charge in [0.05, 0.1) is 0 Å². The molecule has 1 saturated carbocycles. The number of anilines is 1.